The van der Waals surface area contributed by atoms with Gasteiger partial charge in [-0.15, -0.1) is 0 Å². The quantitative estimate of drug-likeness (QED) is 0.662. The Labute approximate surface area is 90.8 Å². The summed E-state index contributed by atoms with van der Waals surface area (Å²) in [4.78, 5) is 0. The first kappa shape index (κ1) is 10.1. The van der Waals surface area contributed by atoms with Crippen molar-refractivity contribution in [1.29, 1.82) is 0 Å². The van der Waals surface area contributed by atoms with Crippen molar-refractivity contribution in [1.82, 2.24) is 0 Å². The maximum atomic E-state index is 10.5. The van der Waals surface area contributed by atoms with Gasteiger partial charge in [0.25, 0.3) is 0 Å². The van der Waals surface area contributed by atoms with Gasteiger partial charge in [0.1, 0.15) is 6.10 Å². The third-order valence-electron chi connectivity index (χ3n) is 5.50. The molecule has 2 aliphatic carbocycles. The lowest BCUT2D eigenvalue weighted by Gasteiger charge is -2.39. The highest BCUT2D eigenvalue weighted by atomic mass is 16.7. The summed E-state index contributed by atoms with van der Waals surface area (Å²) in [6, 6.07) is 0. The number of hydrogen-bond acceptors (Lipinski definition) is 3. The van der Waals surface area contributed by atoms with E-state index in [-0.39, 0.29) is 10.8 Å². The average molecular weight is 212 g/mol. The van der Waals surface area contributed by atoms with Crippen molar-refractivity contribution in [3.8, 4) is 0 Å². The van der Waals surface area contributed by atoms with Crippen molar-refractivity contribution < 1.29 is 14.6 Å². The van der Waals surface area contributed by atoms with Gasteiger partial charge in [-0.1, -0.05) is 20.8 Å². The third-order valence-corrected chi connectivity index (χ3v) is 5.50. The van der Waals surface area contributed by atoms with Gasteiger partial charge in [-0.2, -0.15) is 0 Å². The molecule has 3 aliphatic rings. The van der Waals surface area contributed by atoms with E-state index in [0.29, 0.717) is 19.1 Å². The highest BCUT2D eigenvalue weighted by Crippen LogP contribution is 2.70. The minimum absolute atomic E-state index is 0.0536. The van der Waals surface area contributed by atoms with Gasteiger partial charge in [0.2, 0.25) is 0 Å². The van der Waals surface area contributed by atoms with Gasteiger partial charge in [-0.3, -0.25) is 0 Å². The fourth-order valence-corrected chi connectivity index (χ4v) is 4.16. The van der Waals surface area contributed by atoms with Crippen LogP contribution in [0, 0.1) is 16.7 Å². The lowest BCUT2D eigenvalue weighted by atomic mass is 9.70. The monoisotopic (exact) mass is 212 g/mol. The maximum Gasteiger partial charge on any atom is 0.198 e. The van der Waals surface area contributed by atoms with Crippen LogP contribution in [0.25, 0.3) is 0 Å². The van der Waals surface area contributed by atoms with Gasteiger partial charge in [-0.25, -0.2) is 0 Å². The second kappa shape index (κ2) is 2.58. The Morgan fingerprint density at radius 1 is 1.13 bits per heavy atom. The number of hydrogen-bond donors (Lipinski definition) is 1. The van der Waals surface area contributed by atoms with E-state index in [2.05, 4.69) is 20.8 Å². The second-order valence-corrected chi connectivity index (χ2v) is 6.05. The van der Waals surface area contributed by atoms with Crippen LogP contribution in [0.4, 0.5) is 0 Å². The van der Waals surface area contributed by atoms with Crippen molar-refractivity contribution in [2.75, 3.05) is 13.2 Å². The molecule has 1 aliphatic heterocycles. The van der Waals surface area contributed by atoms with Crippen molar-refractivity contribution in [2.24, 2.45) is 16.7 Å². The number of rotatable bonds is 0. The number of ether oxygens (including phenoxy) is 2. The van der Waals surface area contributed by atoms with Crippen molar-refractivity contribution in [3.63, 3.8) is 0 Å². The van der Waals surface area contributed by atoms with Crippen LogP contribution in [0.5, 0.6) is 0 Å². The van der Waals surface area contributed by atoms with E-state index in [4.69, 9.17) is 9.47 Å². The molecule has 0 aromatic heterocycles. The molecule has 0 aromatic carbocycles. The lowest BCUT2D eigenvalue weighted by molar-refractivity contribution is -0.253. The maximum absolute atomic E-state index is 10.5. The Balaban J connectivity index is 2.09. The molecule has 3 nitrogen and oxygen atoms in total. The molecule has 0 aromatic rings. The van der Waals surface area contributed by atoms with E-state index in [0.717, 1.165) is 12.8 Å². The van der Waals surface area contributed by atoms with E-state index in [9.17, 15) is 5.11 Å². The molecule has 1 heterocycles. The summed E-state index contributed by atoms with van der Waals surface area (Å²) in [6.45, 7) is 7.91. The van der Waals surface area contributed by atoms with Gasteiger partial charge < -0.3 is 14.6 Å². The van der Waals surface area contributed by atoms with E-state index >= 15 is 0 Å². The SMILES string of the molecule is CC1(C)C2CCC1(C)C(O)C21OCCO1. The zero-order valence-electron chi connectivity index (χ0n) is 9.75. The minimum atomic E-state index is -0.684. The van der Waals surface area contributed by atoms with Crippen LogP contribution in [0.15, 0.2) is 0 Å². The zero-order valence-corrected chi connectivity index (χ0v) is 9.75. The molecular formula is C12H20O3. The molecule has 2 saturated carbocycles. The predicted molar refractivity (Wildman–Crippen MR) is 55.3 cm³/mol. The first-order chi connectivity index (χ1) is 6.95. The summed E-state index contributed by atoms with van der Waals surface area (Å²) in [6.07, 6.45) is 1.72. The second-order valence-electron chi connectivity index (χ2n) is 6.05. The van der Waals surface area contributed by atoms with Gasteiger partial charge in [-0.05, 0) is 18.3 Å². The molecule has 3 atom stereocenters. The van der Waals surface area contributed by atoms with Crippen LogP contribution >= 0.6 is 0 Å². The molecule has 3 fully saturated rings. The van der Waals surface area contributed by atoms with Crippen molar-refractivity contribution in [2.45, 2.75) is 45.5 Å². The molecule has 15 heavy (non-hydrogen) atoms. The van der Waals surface area contributed by atoms with E-state index < -0.39 is 11.9 Å². The molecule has 1 spiro atoms. The first-order valence-corrected chi connectivity index (χ1v) is 5.91. The Bertz CT molecular complexity index is 293. The highest BCUT2D eigenvalue weighted by Gasteiger charge is 2.75. The number of aliphatic hydroxyl groups is 1. The molecule has 0 radical (unpaired) electrons. The van der Waals surface area contributed by atoms with E-state index in [1.165, 1.54) is 0 Å². The van der Waals surface area contributed by atoms with Crippen LogP contribution in [0.3, 0.4) is 0 Å². The molecule has 86 valence electrons. The van der Waals surface area contributed by atoms with Crippen molar-refractivity contribution in [3.05, 3.63) is 0 Å². The van der Waals surface area contributed by atoms with E-state index in [1.54, 1.807) is 0 Å². The van der Waals surface area contributed by atoms with Crippen LogP contribution in [-0.2, 0) is 9.47 Å². The summed E-state index contributed by atoms with van der Waals surface area (Å²) in [7, 11) is 0. The largest absolute Gasteiger partial charge is 0.387 e. The first-order valence-electron chi connectivity index (χ1n) is 5.91. The Kier molecular flexibility index (Phi) is 1.73. The molecule has 2 bridgehead atoms. The Hall–Kier alpha value is -0.120. The Morgan fingerprint density at radius 2 is 1.73 bits per heavy atom. The van der Waals surface area contributed by atoms with Crippen LogP contribution in [0.1, 0.15) is 33.6 Å². The summed E-state index contributed by atoms with van der Waals surface area (Å²) in [5, 5.41) is 10.5. The molecule has 0 amide bonds. The number of aliphatic hydroxyl groups excluding tert-OH is 1. The summed E-state index contributed by atoms with van der Waals surface area (Å²) in [5.41, 5.74) is 0.0543. The van der Waals surface area contributed by atoms with Crippen LogP contribution < -0.4 is 0 Å². The fraction of sp³-hybridized carbons (Fsp3) is 1.00. The molecule has 3 heteroatoms. The normalized spacial score (nSPS) is 50.4. The van der Waals surface area contributed by atoms with Crippen molar-refractivity contribution >= 4 is 0 Å². The molecule has 1 N–H and O–H groups in total. The number of fused-ring (bicyclic) bond motifs is 3. The van der Waals surface area contributed by atoms with Gasteiger partial charge in [0.05, 0.1) is 13.2 Å². The molecular weight excluding hydrogens is 192 g/mol. The predicted octanol–water partition coefficient (Wildman–Crippen LogP) is 1.55. The summed E-state index contributed by atoms with van der Waals surface area (Å²) in [5.74, 6) is -0.344. The van der Waals surface area contributed by atoms with E-state index in [1.807, 2.05) is 0 Å². The lowest BCUT2D eigenvalue weighted by Crippen LogP contribution is -2.50. The topological polar surface area (TPSA) is 38.7 Å². The van der Waals surface area contributed by atoms with Gasteiger partial charge in [0, 0.05) is 11.3 Å². The molecule has 3 unspecified atom stereocenters. The summed E-state index contributed by atoms with van der Waals surface area (Å²) < 4.78 is 11.6. The van der Waals surface area contributed by atoms with Crippen LogP contribution in [0.2, 0.25) is 0 Å². The Morgan fingerprint density at radius 3 is 2.20 bits per heavy atom. The smallest absolute Gasteiger partial charge is 0.198 e. The highest BCUT2D eigenvalue weighted by molar-refractivity contribution is 5.19. The zero-order chi connectivity index (χ0) is 10.9. The summed E-state index contributed by atoms with van der Waals surface area (Å²) >= 11 is 0. The third kappa shape index (κ3) is 0.855. The average Bonchev–Trinajstić information content (AvgIpc) is 2.74. The fourth-order valence-electron chi connectivity index (χ4n) is 4.16. The molecule has 1 saturated heterocycles. The standard InChI is InChI=1S/C12H20O3/c1-10(2)8-4-5-11(10,3)9(13)12(8)14-6-7-15-12/h8-9,13H,4-7H2,1-3H3. The van der Waals surface area contributed by atoms with Gasteiger partial charge in [0.15, 0.2) is 5.79 Å². The van der Waals surface area contributed by atoms with Crippen LogP contribution in [-0.4, -0.2) is 30.2 Å². The minimum Gasteiger partial charge on any atom is -0.387 e. The molecule has 3 rings (SSSR count). The van der Waals surface area contributed by atoms with Gasteiger partial charge >= 0.3 is 0 Å².